The molecule has 0 spiro atoms. The fraction of sp³-hybridized carbons (Fsp3) is 0.409. The Hall–Kier alpha value is -2.08. The van der Waals surface area contributed by atoms with Gasteiger partial charge in [-0.05, 0) is 49.1 Å². The van der Waals surface area contributed by atoms with Crippen LogP contribution in [0.4, 0.5) is 10.5 Å². The fourth-order valence-corrected chi connectivity index (χ4v) is 4.14. The molecule has 0 aliphatic carbocycles. The SMILES string of the molecule is O=C1OC(CCN2CCC(O)(c3ccccc3)CC2)CN1c1ccc(Cl)cc1. The van der Waals surface area contributed by atoms with Crippen molar-refractivity contribution in [1.82, 2.24) is 4.90 Å². The van der Waals surface area contributed by atoms with Crippen molar-refractivity contribution in [2.75, 3.05) is 31.1 Å². The third kappa shape index (κ3) is 4.17. The number of anilines is 1. The Morgan fingerprint density at radius 1 is 1.07 bits per heavy atom. The lowest BCUT2D eigenvalue weighted by Crippen LogP contribution is -2.43. The highest BCUT2D eigenvalue weighted by molar-refractivity contribution is 6.30. The third-order valence-electron chi connectivity index (χ3n) is 5.77. The molecule has 1 N–H and O–H groups in total. The van der Waals surface area contributed by atoms with Gasteiger partial charge in [-0.15, -0.1) is 0 Å². The molecule has 2 heterocycles. The number of ether oxygens (including phenoxy) is 1. The summed E-state index contributed by atoms with van der Waals surface area (Å²) in [4.78, 5) is 16.2. The summed E-state index contributed by atoms with van der Waals surface area (Å²) in [6.45, 7) is 3.10. The number of piperidine rings is 1. The molecule has 0 aromatic heterocycles. The first kappa shape index (κ1) is 19.2. The average Bonchev–Trinajstić information content (AvgIpc) is 3.09. The van der Waals surface area contributed by atoms with Crippen molar-refractivity contribution in [3.8, 4) is 0 Å². The second-order valence-corrected chi connectivity index (χ2v) is 8.06. The minimum absolute atomic E-state index is 0.113. The Labute approximate surface area is 170 Å². The Morgan fingerprint density at radius 3 is 2.43 bits per heavy atom. The lowest BCUT2D eigenvalue weighted by Gasteiger charge is -2.38. The molecular weight excluding hydrogens is 376 g/mol. The van der Waals surface area contributed by atoms with E-state index in [1.807, 2.05) is 42.5 Å². The van der Waals surface area contributed by atoms with Gasteiger partial charge in [0.25, 0.3) is 0 Å². The first-order valence-electron chi connectivity index (χ1n) is 9.77. The maximum Gasteiger partial charge on any atom is 0.414 e. The molecule has 1 atom stereocenters. The summed E-state index contributed by atoms with van der Waals surface area (Å²) in [6, 6.07) is 17.1. The number of carbonyl (C=O) groups excluding carboxylic acids is 1. The summed E-state index contributed by atoms with van der Waals surface area (Å²) in [5.41, 5.74) is 1.07. The molecule has 1 amide bonds. The van der Waals surface area contributed by atoms with Crippen LogP contribution < -0.4 is 4.90 Å². The van der Waals surface area contributed by atoms with Crippen LogP contribution >= 0.6 is 11.6 Å². The number of nitrogens with zero attached hydrogens (tertiary/aromatic N) is 2. The second kappa shape index (κ2) is 8.11. The van der Waals surface area contributed by atoms with E-state index in [0.29, 0.717) is 11.6 Å². The summed E-state index contributed by atoms with van der Waals surface area (Å²) in [5.74, 6) is 0. The maximum absolute atomic E-state index is 12.2. The standard InChI is InChI=1S/C22H25ClN2O3/c23-18-6-8-19(9-7-18)25-16-20(28-21(25)26)10-13-24-14-11-22(27,12-15-24)17-4-2-1-3-5-17/h1-9,20,27H,10-16H2. The molecule has 2 fully saturated rings. The minimum Gasteiger partial charge on any atom is -0.444 e. The van der Waals surface area contributed by atoms with Crippen LogP contribution in [0, 0.1) is 0 Å². The summed E-state index contributed by atoms with van der Waals surface area (Å²) in [7, 11) is 0. The van der Waals surface area contributed by atoms with Gasteiger partial charge in [-0.2, -0.15) is 0 Å². The van der Waals surface area contributed by atoms with Crippen molar-refractivity contribution in [3.63, 3.8) is 0 Å². The van der Waals surface area contributed by atoms with Crippen LogP contribution in [-0.2, 0) is 10.3 Å². The highest BCUT2D eigenvalue weighted by Gasteiger charge is 2.35. The summed E-state index contributed by atoms with van der Waals surface area (Å²) < 4.78 is 5.54. The van der Waals surface area contributed by atoms with Gasteiger partial charge >= 0.3 is 6.09 Å². The zero-order valence-corrected chi connectivity index (χ0v) is 16.5. The van der Waals surface area contributed by atoms with E-state index in [9.17, 15) is 9.90 Å². The molecule has 0 bridgehead atoms. The van der Waals surface area contributed by atoms with Gasteiger partial charge in [0.15, 0.2) is 0 Å². The van der Waals surface area contributed by atoms with Gasteiger partial charge in [-0.1, -0.05) is 41.9 Å². The number of aliphatic hydroxyl groups is 1. The molecule has 5 nitrogen and oxygen atoms in total. The topological polar surface area (TPSA) is 53.0 Å². The fourth-order valence-electron chi connectivity index (χ4n) is 4.01. The molecule has 2 aromatic carbocycles. The van der Waals surface area contributed by atoms with Crippen LogP contribution in [0.15, 0.2) is 54.6 Å². The highest BCUT2D eigenvalue weighted by Crippen LogP contribution is 2.33. The molecule has 2 aliphatic rings. The number of halogens is 1. The zero-order valence-electron chi connectivity index (χ0n) is 15.8. The van der Waals surface area contributed by atoms with E-state index >= 15 is 0 Å². The number of rotatable bonds is 5. The van der Waals surface area contributed by atoms with E-state index in [-0.39, 0.29) is 12.2 Å². The lowest BCUT2D eigenvalue weighted by atomic mass is 9.84. The Morgan fingerprint density at radius 2 is 1.75 bits per heavy atom. The van der Waals surface area contributed by atoms with E-state index in [2.05, 4.69) is 4.90 Å². The first-order chi connectivity index (χ1) is 13.5. The van der Waals surface area contributed by atoms with E-state index < -0.39 is 5.60 Å². The minimum atomic E-state index is -0.733. The van der Waals surface area contributed by atoms with Crippen molar-refractivity contribution in [2.45, 2.75) is 31.0 Å². The predicted octanol–water partition coefficient (Wildman–Crippen LogP) is 4.04. The Balaban J connectivity index is 1.27. The number of amides is 1. The number of hydrogen-bond donors (Lipinski definition) is 1. The number of benzene rings is 2. The second-order valence-electron chi connectivity index (χ2n) is 7.62. The van der Waals surface area contributed by atoms with Crippen LogP contribution in [0.5, 0.6) is 0 Å². The zero-order chi connectivity index (χ0) is 19.6. The van der Waals surface area contributed by atoms with Gasteiger partial charge in [-0.3, -0.25) is 4.90 Å². The van der Waals surface area contributed by atoms with E-state index in [1.54, 1.807) is 17.0 Å². The van der Waals surface area contributed by atoms with E-state index in [1.165, 1.54) is 0 Å². The van der Waals surface area contributed by atoms with E-state index in [0.717, 1.165) is 50.1 Å². The Bertz CT molecular complexity index is 804. The normalized spacial score (nSPS) is 22.3. The molecule has 4 rings (SSSR count). The largest absolute Gasteiger partial charge is 0.444 e. The number of hydrogen-bond acceptors (Lipinski definition) is 4. The van der Waals surface area contributed by atoms with Gasteiger partial charge in [0, 0.05) is 30.3 Å². The summed E-state index contributed by atoms with van der Waals surface area (Å²) >= 11 is 5.92. The quantitative estimate of drug-likeness (QED) is 0.823. The average molecular weight is 401 g/mol. The van der Waals surface area contributed by atoms with Gasteiger partial charge in [0.2, 0.25) is 0 Å². The molecule has 1 unspecified atom stereocenters. The molecule has 2 aliphatic heterocycles. The smallest absolute Gasteiger partial charge is 0.414 e. The molecule has 2 aromatic rings. The number of cyclic esters (lactones) is 1. The van der Waals surface area contributed by atoms with Crippen molar-refractivity contribution in [2.24, 2.45) is 0 Å². The van der Waals surface area contributed by atoms with Crippen molar-refractivity contribution in [3.05, 3.63) is 65.2 Å². The highest BCUT2D eigenvalue weighted by atomic mass is 35.5. The molecule has 6 heteroatoms. The van der Waals surface area contributed by atoms with Crippen molar-refractivity contribution in [1.29, 1.82) is 0 Å². The molecular formula is C22H25ClN2O3. The van der Waals surface area contributed by atoms with Gasteiger partial charge in [-0.25, -0.2) is 4.79 Å². The lowest BCUT2D eigenvalue weighted by molar-refractivity contribution is -0.0275. The monoisotopic (exact) mass is 400 g/mol. The van der Waals surface area contributed by atoms with Gasteiger partial charge in [0.05, 0.1) is 12.1 Å². The summed E-state index contributed by atoms with van der Waals surface area (Å²) in [5, 5.41) is 11.6. The maximum atomic E-state index is 12.2. The number of likely N-dealkylation sites (tertiary alicyclic amines) is 1. The van der Waals surface area contributed by atoms with Crippen LogP contribution in [0.3, 0.4) is 0 Å². The van der Waals surface area contributed by atoms with E-state index in [4.69, 9.17) is 16.3 Å². The van der Waals surface area contributed by atoms with Gasteiger partial charge < -0.3 is 14.7 Å². The molecule has 148 valence electrons. The van der Waals surface area contributed by atoms with Crippen molar-refractivity contribution >= 4 is 23.4 Å². The number of carbonyl (C=O) groups is 1. The molecule has 28 heavy (non-hydrogen) atoms. The molecule has 0 saturated carbocycles. The van der Waals surface area contributed by atoms with Crippen LogP contribution in [0.25, 0.3) is 0 Å². The summed E-state index contributed by atoms with van der Waals surface area (Å²) in [6.07, 6.45) is 1.82. The van der Waals surface area contributed by atoms with Crippen molar-refractivity contribution < 1.29 is 14.6 Å². The van der Waals surface area contributed by atoms with Gasteiger partial charge in [0.1, 0.15) is 6.10 Å². The van der Waals surface area contributed by atoms with Crippen LogP contribution in [-0.4, -0.2) is 48.4 Å². The molecule has 0 radical (unpaired) electrons. The third-order valence-corrected chi connectivity index (χ3v) is 6.03. The Kier molecular flexibility index (Phi) is 5.58. The first-order valence-corrected chi connectivity index (χ1v) is 10.2. The molecule has 2 saturated heterocycles. The van der Waals surface area contributed by atoms with Crippen LogP contribution in [0.1, 0.15) is 24.8 Å². The van der Waals surface area contributed by atoms with Crippen LogP contribution in [0.2, 0.25) is 5.02 Å². The predicted molar refractivity (Wildman–Crippen MR) is 110 cm³/mol.